The maximum absolute atomic E-state index is 12.4. The number of nitrogens with one attached hydrogen (secondary N) is 1. The molecule has 2 aromatic rings. The summed E-state index contributed by atoms with van der Waals surface area (Å²) in [5.41, 5.74) is 1.49. The van der Waals surface area contributed by atoms with Gasteiger partial charge in [0.25, 0.3) is 5.91 Å². The SMILES string of the molecule is COc1cccc(NC(=O)[C@H](C)OC(=O)c2cccc(N3CCCC3=O)c2)c1. The van der Waals surface area contributed by atoms with Crippen molar-refractivity contribution >= 4 is 29.2 Å². The highest BCUT2D eigenvalue weighted by Gasteiger charge is 2.24. The molecule has 1 N–H and O–H groups in total. The lowest BCUT2D eigenvalue weighted by Gasteiger charge is -2.17. The second-order valence-corrected chi connectivity index (χ2v) is 6.47. The van der Waals surface area contributed by atoms with Crippen molar-refractivity contribution < 1.29 is 23.9 Å². The Balaban J connectivity index is 1.63. The molecule has 2 aromatic carbocycles. The fraction of sp³-hybridized carbons (Fsp3) is 0.286. The Bertz CT molecular complexity index is 896. The number of nitrogens with zero attached hydrogens (tertiary/aromatic N) is 1. The van der Waals surface area contributed by atoms with Gasteiger partial charge in [0.2, 0.25) is 5.91 Å². The van der Waals surface area contributed by atoms with Crippen molar-refractivity contribution in [3.8, 4) is 5.75 Å². The fourth-order valence-corrected chi connectivity index (χ4v) is 2.95. The molecule has 7 nitrogen and oxygen atoms in total. The lowest BCUT2D eigenvalue weighted by Crippen LogP contribution is -2.30. The third kappa shape index (κ3) is 4.49. The van der Waals surface area contributed by atoms with Crippen LogP contribution in [0.3, 0.4) is 0 Å². The van der Waals surface area contributed by atoms with Gasteiger partial charge in [0.05, 0.1) is 12.7 Å². The van der Waals surface area contributed by atoms with Gasteiger partial charge in [0, 0.05) is 30.4 Å². The number of ether oxygens (including phenoxy) is 2. The molecule has 0 bridgehead atoms. The van der Waals surface area contributed by atoms with E-state index in [1.807, 2.05) is 0 Å². The summed E-state index contributed by atoms with van der Waals surface area (Å²) in [4.78, 5) is 38.3. The number of hydrogen-bond donors (Lipinski definition) is 1. The minimum atomic E-state index is -0.990. The molecular weight excluding hydrogens is 360 g/mol. The van der Waals surface area contributed by atoms with Crippen LogP contribution >= 0.6 is 0 Å². The highest BCUT2D eigenvalue weighted by atomic mass is 16.5. The largest absolute Gasteiger partial charge is 0.497 e. The number of methoxy groups -OCH3 is 1. The molecule has 0 unspecified atom stereocenters. The van der Waals surface area contributed by atoms with Crippen LogP contribution in [0.4, 0.5) is 11.4 Å². The van der Waals surface area contributed by atoms with Crippen molar-refractivity contribution in [3.63, 3.8) is 0 Å². The lowest BCUT2D eigenvalue weighted by molar-refractivity contribution is -0.123. The van der Waals surface area contributed by atoms with Gasteiger partial charge in [-0.1, -0.05) is 12.1 Å². The number of benzene rings is 2. The van der Waals surface area contributed by atoms with Crippen molar-refractivity contribution in [2.75, 3.05) is 23.9 Å². The summed E-state index contributed by atoms with van der Waals surface area (Å²) >= 11 is 0. The van der Waals surface area contributed by atoms with Gasteiger partial charge >= 0.3 is 5.97 Å². The third-order valence-electron chi connectivity index (χ3n) is 4.46. The van der Waals surface area contributed by atoms with Crippen LogP contribution < -0.4 is 15.0 Å². The van der Waals surface area contributed by atoms with Gasteiger partial charge in [-0.25, -0.2) is 4.79 Å². The second-order valence-electron chi connectivity index (χ2n) is 6.47. The first-order valence-electron chi connectivity index (χ1n) is 9.04. The van der Waals surface area contributed by atoms with E-state index in [4.69, 9.17) is 9.47 Å². The Morgan fingerprint density at radius 1 is 1.14 bits per heavy atom. The topological polar surface area (TPSA) is 84.9 Å². The van der Waals surface area contributed by atoms with E-state index in [2.05, 4.69) is 5.32 Å². The van der Waals surface area contributed by atoms with Crippen molar-refractivity contribution in [3.05, 3.63) is 54.1 Å². The van der Waals surface area contributed by atoms with Crippen LogP contribution in [0.1, 0.15) is 30.1 Å². The Morgan fingerprint density at radius 3 is 2.64 bits per heavy atom. The van der Waals surface area contributed by atoms with E-state index in [1.54, 1.807) is 53.4 Å². The highest BCUT2D eigenvalue weighted by molar-refractivity contribution is 5.99. The number of esters is 1. The molecule has 3 rings (SSSR count). The predicted molar refractivity (Wildman–Crippen MR) is 105 cm³/mol. The van der Waals surface area contributed by atoms with Gasteiger partial charge in [0.15, 0.2) is 6.10 Å². The number of carbonyl (C=O) groups is 3. The minimum absolute atomic E-state index is 0.0385. The molecule has 0 saturated carbocycles. The van der Waals surface area contributed by atoms with Gasteiger partial charge in [-0.05, 0) is 43.7 Å². The van der Waals surface area contributed by atoms with Crippen LogP contribution in [0, 0.1) is 0 Å². The molecular formula is C21H22N2O5. The van der Waals surface area contributed by atoms with Gasteiger partial charge in [0.1, 0.15) is 5.75 Å². The van der Waals surface area contributed by atoms with Crippen LogP contribution in [0.25, 0.3) is 0 Å². The Hall–Kier alpha value is -3.35. The lowest BCUT2D eigenvalue weighted by atomic mass is 10.2. The average molecular weight is 382 g/mol. The number of carbonyl (C=O) groups excluding carboxylic acids is 3. The van der Waals surface area contributed by atoms with E-state index >= 15 is 0 Å². The molecule has 0 radical (unpaired) electrons. The maximum atomic E-state index is 12.4. The third-order valence-corrected chi connectivity index (χ3v) is 4.46. The van der Waals surface area contributed by atoms with E-state index in [-0.39, 0.29) is 5.91 Å². The normalized spacial score (nSPS) is 14.5. The smallest absolute Gasteiger partial charge is 0.338 e. The molecule has 1 saturated heterocycles. The summed E-state index contributed by atoms with van der Waals surface area (Å²) in [5, 5.41) is 2.69. The molecule has 1 heterocycles. The molecule has 1 atom stereocenters. The van der Waals surface area contributed by atoms with Crippen molar-refractivity contribution in [2.45, 2.75) is 25.9 Å². The molecule has 1 aliphatic heterocycles. The predicted octanol–water partition coefficient (Wildman–Crippen LogP) is 3.01. The summed E-state index contributed by atoms with van der Waals surface area (Å²) in [7, 11) is 1.54. The van der Waals surface area contributed by atoms with Gasteiger partial charge < -0.3 is 19.7 Å². The first kappa shape index (κ1) is 19.4. The molecule has 2 amide bonds. The summed E-state index contributed by atoms with van der Waals surface area (Å²) in [6, 6.07) is 13.6. The molecule has 146 valence electrons. The van der Waals surface area contributed by atoms with E-state index in [1.165, 1.54) is 14.0 Å². The van der Waals surface area contributed by atoms with Gasteiger partial charge in [-0.15, -0.1) is 0 Å². The fourth-order valence-electron chi connectivity index (χ4n) is 2.95. The summed E-state index contributed by atoms with van der Waals surface area (Å²) in [5.74, 6) is -0.429. The van der Waals surface area contributed by atoms with E-state index in [0.717, 1.165) is 6.42 Å². The summed E-state index contributed by atoms with van der Waals surface area (Å²) in [6.07, 6.45) is 0.321. The molecule has 0 spiro atoms. The zero-order chi connectivity index (χ0) is 20.1. The van der Waals surface area contributed by atoms with E-state index in [9.17, 15) is 14.4 Å². The Morgan fingerprint density at radius 2 is 1.93 bits per heavy atom. The van der Waals surface area contributed by atoms with Gasteiger partial charge in [-0.2, -0.15) is 0 Å². The Labute approximate surface area is 163 Å². The first-order valence-corrected chi connectivity index (χ1v) is 9.04. The zero-order valence-corrected chi connectivity index (χ0v) is 15.8. The number of amides is 2. The van der Waals surface area contributed by atoms with Crippen LogP contribution in [0.15, 0.2) is 48.5 Å². The number of anilines is 2. The van der Waals surface area contributed by atoms with Crippen LogP contribution in [-0.2, 0) is 14.3 Å². The van der Waals surface area contributed by atoms with Crippen molar-refractivity contribution in [2.24, 2.45) is 0 Å². The second kappa shape index (κ2) is 8.56. The molecule has 28 heavy (non-hydrogen) atoms. The molecule has 1 fully saturated rings. The standard InChI is InChI=1S/C21H22N2O5/c1-14(20(25)22-16-7-4-9-18(13-16)27-2)28-21(26)15-6-3-8-17(12-15)23-11-5-10-19(23)24/h3-4,6-9,12-14H,5,10-11H2,1-2H3,(H,22,25)/t14-/m0/s1. The monoisotopic (exact) mass is 382 g/mol. The number of hydrogen-bond acceptors (Lipinski definition) is 5. The zero-order valence-electron chi connectivity index (χ0n) is 15.8. The van der Waals surface area contributed by atoms with E-state index < -0.39 is 18.0 Å². The minimum Gasteiger partial charge on any atom is -0.497 e. The van der Waals surface area contributed by atoms with Crippen LogP contribution in [-0.4, -0.2) is 37.5 Å². The molecule has 0 aliphatic carbocycles. The summed E-state index contributed by atoms with van der Waals surface area (Å²) < 4.78 is 10.4. The molecule has 0 aromatic heterocycles. The molecule has 7 heteroatoms. The van der Waals surface area contributed by atoms with E-state index in [0.29, 0.717) is 35.7 Å². The highest BCUT2D eigenvalue weighted by Crippen LogP contribution is 2.23. The van der Waals surface area contributed by atoms with Crippen molar-refractivity contribution in [1.82, 2.24) is 0 Å². The summed E-state index contributed by atoms with van der Waals surface area (Å²) in [6.45, 7) is 2.14. The van der Waals surface area contributed by atoms with Crippen LogP contribution in [0.2, 0.25) is 0 Å². The quantitative estimate of drug-likeness (QED) is 0.777. The average Bonchev–Trinajstić information content (AvgIpc) is 3.14. The number of rotatable bonds is 6. The Kier molecular flexibility index (Phi) is 5.93. The first-order chi connectivity index (χ1) is 13.5. The van der Waals surface area contributed by atoms with Crippen molar-refractivity contribution in [1.29, 1.82) is 0 Å². The molecule has 1 aliphatic rings. The van der Waals surface area contributed by atoms with Gasteiger partial charge in [-0.3, -0.25) is 9.59 Å². The van der Waals surface area contributed by atoms with Crippen LogP contribution in [0.5, 0.6) is 5.75 Å². The maximum Gasteiger partial charge on any atom is 0.338 e.